The third-order valence-corrected chi connectivity index (χ3v) is 4.60. The molecule has 1 fully saturated rings. The maximum absolute atomic E-state index is 12.3. The summed E-state index contributed by atoms with van der Waals surface area (Å²) in [6.45, 7) is 1.98. The van der Waals surface area contributed by atoms with Gasteiger partial charge >= 0.3 is 5.97 Å². The summed E-state index contributed by atoms with van der Waals surface area (Å²) in [6, 6.07) is 16.6. The Balaban J connectivity index is 1.39. The molecule has 0 radical (unpaired) electrons. The van der Waals surface area contributed by atoms with Crippen molar-refractivity contribution in [1.29, 1.82) is 0 Å². The second kappa shape index (κ2) is 9.28. The molecule has 2 aromatic carbocycles. The average Bonchev–Trinajstić information content (AvgIpc) is 2.72. The van der Waals surface area contributed by atoms with Crippen LogP contribution < -0.4 is 9.64 Å². The highest BCUT2D eigenvalue weighted by Crippen LogP contribution is 2.26. The standard InChI is InChI=1S/C20H21ClN2O4/c21-17-8-4-5-9-18(17)22-10-12-23(13-11-22)19(24)14-27-20(25)15-26-16-6-2-1-3-7-16/h1-9H,10-15H2. The number of esters is 1. The van der Waals surface area contributed by atoms with Gasteiger partial charge in [0.05, 0.1) is 10.7 Å². The second-order valence-electron chi connectivity index (χ2n) is 6.08. The molecule has 1 aliphatic rings. The van der Waals surface area contributed by atoms with Crippen LogP contribution in [0.2, 0.25) is 5.02 Å². The first-order valence-electron chi connectivity index (χ1n) is 8.74. The molecule has 6 nitrogen and oxygen atoms in total. The summed E-state index contributed by atoms with van der Waals surface area (Å²) < 4.78 is 10.3. The number of hydrogen-bond acceptors (Lipinski definition) is 5. The first-order chi connectivity index (χ1) is 13.1. The van der Waals surface area contributed by atoms with Crippen LogP contribution >= 0.6 is 11.6 Å². The summed E-state index contributed by atoms with van der Waals surface area (Å²) in [7, 11) is 0. The number of benzene rings is 2. The maximum atomic E-state index is 12.3. The Labute approximate surface area is 163 Å². The van der Waals surface area contributed by atoms with E-state index in [0.717, 1.165) is 5.69 Å². The summed E-state index contributed by atoms with van der Waals surface area (Å²) in [4.78, 5) is 27.8. The highest BCUT2D eigenvalue weighted by molar-refractivity contribution is 6.33. The van der Waals surface area contributed by atoms with Crippen molar-refractivity contribution in [3.8, 4) is 5.75 Å². The monoisotopic (exact) mass is 388 g/mol. The van der Waals surface area contributed by atoms with Crippen LogP contribution in [0.3, 0.4) is 0 Å². The van der Waals surface area contributed by atoms with E-state index in [1.807, 2.05) is 42.5 Å². The van der Waals surface area contributed by atoms with E-state index in [1.165, 1.54) is 0 Å². The lowest BCUT2D eigenvalue weighted by molar-refractivity contribution is -0.153. The van der Waals surface area contributed by atoms with Crippen LogP contribution in [0.1, 0.15) is 0 Å². The van der Waals surface area contributed by atoms with E-state index < -0.39 is 5.97 Å². The van der Waals surface area contributed by atoms with Crippen LogP contribution in [0, 0.1) is 0 Å². The molecule has 142 valence electrons. The van der Waals surface area contributed by atoms with E-state index in [4.69, 9.17) is 21.1 Å². The summed E-state index contributed by atoms with van der Waals surface area (Å²) in [5, 5.41) is 0.699. The normalized spacial score (nSPS) is 14.0. The summed E-state index contributed by atoms with van der Waals surface area (Å²) in [5.41, 5.74) is 0.968. The molecule has 0 saturated carbocycles. The Hall–Kier alpha value is -2.73. The van der Waals surface area contributed by atoms with Crippen LogP contribution in [0.5, 0.6) is 5.75 Å². The number of carbonyl (C=O) groups is 2. The van der Waals surface area contributed by atoms with Crippen LogP contribution in [-0.4, -0.2) is 56.2 Å². The van der Waals surface area contributed by atoms with Gasteiger partial charge in [-0.3, -0.25) is 4.79 Å². The third-order valence-electron chi connectivity index (χ3n) is 4.28. The fourth-order valence-corrected chi connectivity index (χ4v) is 3.09. The average molecular weight is 389 g/mol. The number of anilines is 1. The van der Waals surface area contributed by atoms with Crippen molar-refractivity contribution in [2.45, 2.75) is 0 Å². The van der Waals surface area contributed by atoms with Gasteiger partial charge in [0.25, 0.3) is 5.91 Å². The van der Waals surface area contributed by atoms with Gasteiger partial charge in [-0.05, 0) is 24.3 Å². The van der Waals surface area contributed by atoms with Crippen LogP contribution in [0.4, 0.5) is 5.69 Å². The number of carbonyl (C=O) groups excluding carboxylic acids is 2. The van der Waals surface area contributed by atoms with Crippen molar-refractivity contribution >= 4 is 29.2 Å². The van der Waals surface area contributed by atoms with Gasteiger partial charge in [0.15, 0.2) is 13.2 Å². The molecular formula is C20H21ClN2O4. The van der Waals surface area contributed by atoms with Gasteiger partial charge in [-0.25, -0.2) is 4.79 Å². The fourth-order valence-electron chi connectivity index (χ4n) is 2.84. The van der Waals surface area contributed by atoms with Crippen molar-refractivity contribution in [3.63, 3.8) is 0 Å². The Morgan fingerprint density at radius 1 is 0.889 bits per heavy atom. The molecule has 1 saturated heterocycles. The molecule has 27 heavy (non-hydrogen) atoms. The van der Waals surface area contributed by atoms with E-state index in [9.17, 15) is 9.59 Å². The second-order valence-corrected chi connectivity index (χ2v) is 6.49. The first-order valence-corrected chi connectivity index (χ1v) is 9.12. The molecule has 0 aliphatic carbocycles. The van der Waals surface area contributed by atoms with Gasteiger partial charge in [0.1, 0.15) is 5.75 Å². The number of rotatable bonds is 6. The number of para-hydroxylation sites is 2. The summed E-state index contributed by atoms with van der Waals surface area (Å²) >= 11 is 6.22. The van der Waals surface area contributed by atoms with E-state index in [2.05, 4.69) is 4.90 Å². The minimum absolute atomic E-state index is 0.207. The number of amides is 1. The number of nitrogens with zero attached hydrogens (tertiary/aromatic N) is 2. The Kier molecular flexibility index (Phi) is 6.54. The SMILES string of the molecule is O=C(COc1ccccc1)OCC(=O)N1CCN(c2ccccc2Cl)CC1. The predicted molar refractivity (Wildman–Crippen MR) is 103 cm³/mol. The molecule has 0 aromatic heterocycles. The quantitative estimate of drug-likeness (QED) is 0.712. The minimum atomic E-state index is -0.568. The Morgan fingerprint density at radius 2 is 1.56 bits per heavy atom. The highest BCUT2D eigenvalue weighted by Gasteiger charge is 2.23. The van der Waals surface area contributed by atoms with Crippen LogP contribution in [0.25, 0.3) is 0 Å². The van der Waals surface area contributed by atoms with Crippen molar-refractivity contribution in [2.75, 3.05) is 44.3 Å². The van der Waals surface area contributed by atoms with Gasteiger partial charge in [0.2, 0.25) is 0 Å². The lowest BCUT2D eigenvalue weighted by Crippen LogP contribution is -2.50. The third kappa shape index (κ3) is 5.37. The zero-order chi connectivity index (χ0) is 19.1. The molecule has 3 rings (SSSR count). The molecule has 1 amide bonds. The minimum Gasteiger partial charge on any atom is -0.482 e. The predicted octanol–water partition coefficient (Wildman–Crippen LogP) is 2.61. The van der Waals surface area contributed by atoms with Crippen molar-refractivity contribution < 1.29 is 19.1 Å². The van der Waals surface area contributed by atoms with Gasteiger partial charge in [0, 0.05) is 26.2 Å². The molecule has 0 atom stereocenters. The largest absolute Gasteiger partial charge is 0.482 e. The van der Waals surface area contributed by atoms with E-state index >= 15 is 0 Å². The first kappa shape index (κ1) is 19.0. The lowest BCUT2D eigenvalue weighted by Gasteiger charge is -2.36. The van der Waals surface area contributed by atoms with Gasteiger partial charge in [-0.15, -0.1) is 0 Å². The molecule has 1 aliphatic heterocycles. The highest BCUT2D eigenvalue weighted by atomic mass is 35.5. The summed E-state index contributed by atoms with van der Waals surface area (Å²) in [6.07, 6.45) is 0. The van der Waals surface area contributed by atoms with Gasteiger partial charge < -0.3 is 19.3 Å². The van der Waals surface area contributed by atoms with E-state index in [0.29, 0.717) is 37.0 Å². The van der Waals surface area contributed by atoms with Crippen molar-refractivity contribution in [3.05, 3.63) is 59.6 Å². The van der Waals surface area contributed by atoms with E-state index in [-0.39, 0.29) is 19.1 Å². The van der Waals surface area contributed by atoms with Crippen LogP contribution in [-0.2, 0) is 14.3 Å². The Bertz CT molecular complexity index is 777. The fraction of sp³-hybridized carbons (Fsp3) is 0.300. The molecule has 1 heterocycles. The molecule has 7 heteroatoms. The molecule has 2 aromatic rings. The lowest BCUT2D eigenvalue weighted by atomic mass is 10.2. The number of halogens is 1. The summed E-state index contributed by atoms with van der Waals surface area (Å²) in [5.74, 6) is -0.194. The Morgan fingerprint density at radius 3 is 2.26 bits per heavy atom. The molecule has 0 N–H and O–H groups in total. The van der Waals surface area contributed by atoms with Gasteiger partial charge in [-0.2, -0.15) is 0 Å². The van der Waals surface area contributed by atoms with Crippen LogP contribution in [0.15, 0.2) is 54.6 Å². The molecule has 0 spiro atoms. The van der Waals surface area contributed by atoms with E-state index in [1.54, 1.807) is 17.0 Å². The molecule has 0 bridgehead atoms. The smallest absolute Gasteiger partial charge is 0.344 e. The zero-order valence-electron chi connectivity index (χ0n) is 14.8. The topological polar surface area (TPSA) is 59.1 Å². The molecule has 0 unspecified atom stereocenters. The molecular weight excluding hydrogens is 368 g/mol. The number of hydrogen-bond donors (Lipinski definition) is 0. The van der Waals surface area contributed by atoms with Gasteiger partial charge in [-0.1, -0.05) is 41.9 Å². The maximum Gasteiger partial charge on any atom is 0.344 e. The van der Waals surface area contributed by atoms with Crippen molar-refractivity contribution in [1.82, 2.24) is 4.90 Å². The zero-order valence-corrected chi connectivity index (χ0v) is 15.6. The number of ether oxygens (including phenoxy) is 2. The number of piperazine rings is 1. The van der Waals surface area contributed by atoms with Crippen molar-refractivity contribution in [2.24, 2.45) is 0 Å².